The molecule has 3 rings (SSSR count). The van der Waals surface area contributed by atoms with Crippen molar-refractivity contribution >= 4 is 5.91 Å². The molecule has 1 aromatic carbocycles. The number of hydrogen-bond acceptors (Lipinski definition) is 3. The number of carbonyl (C=O) groups excluding carboxylic acids is 1. The van der Waals surface area contributed by atoms with Crippen molar-refractivity contribution in [2.75, 3.05) is 0 Å². The molecule has 2 aromatic rings. The monoisotopic (exact) mass is 314 g/mol. The Labute approximate surface area is 134 Å². The fraction of sp³-hybridized carbons (Fsp3) is 0.333. The first kappa shape index (κ1) is 15.5. The van der Waals surface area contributed by atoms with E-state index in [2.05, 4.69) is 10.3 Å². The number of hydrogen-bond donors (Lipinski definition) is 1. The maximum atomic E-state index is 12.9. The molecule has 0 radical (unpaired) electrons. The van der Waals surface area contributed by atoms with Gasteiger partial charge in [0.15, 0.2) is 0 Å². The van der Waals surface area contributed by atoms with Crippen LogP contribution in [0.1, 0.15) is 41.6 Å². The van der Waals surface area contributed by atoms with Gasteiger partial charge in [0.05, 0.1) is 0 Å². The molecule has 1 heterocycles. The van der Waals surface area contributed by atoms with Crippen molar-refractivity contribution in [3.05, 3.63) is 59.5 Å². The van der Waals surface area contributed by atoms with Gasteiger partial charge in [-0.15, -0.1) is 0 Å². The fourth-order valence-electron chi connectivity index (χ4n) is 2.68. The second-order valence-electron chi connectivity index (χ2n) is 5.72. The van der Waals surface area contributed by atoms with E-state index in [1.54, 1.807) is 30.5 Å². The minimum Gasteiger partial charge on any atom is -0.474 e. The molecule has 4 nitrogen and oxygen atoms in total. The van der Waals surface area contributed by atoms with Crippen LogP contribution in [0.15, 0.2) is 42.6 Å². The van der Waals surface area contributed by atoms with Crippen molar-refractivity contribution in [2.24, 2.45) is 0 Å². The van der Waals surface area contributed by atoms with E-state index in [0.29, 0.717) is 18.0 Å². The van der Waals surface area contributed by atoms with Crippen LogP contribution in [0.2, 0.25) is 0 Å². The average Bonchev–Trinajstić information content (AvgIpc) is 3.07. The highest BCUT2D eigenvalue weighted by atomic mass is 19.1. The van der Waals surface area contributed by atoms with E-state index in [-0.39, 0.29) is 17.8 Å². The summed E-state index contributed by atoms with van der Waals surface area (Å²) in [6, 6.07) is 9.37. The van der Waals surface area contributed by atoms with Crippen molar-refractivity contribution in [1.29, 1.82) is 0 Å². The van der Waals surface area contributed by atoms with Gasteiger partial charge in [-0.1, -0.05) is 12.1 Å². The predicted octanol–water partition coefficient (Wildman–Crippen LogP) is 3.47. The Hall–Kier alpha value is -2.43. The molecule has 120 valence electrons. The van der Waals surface area contributed by atoms with Crippen molar-refractivity contribution in [1.82, 2.24) is 10.3 Å². The Balaban J connectivity index is 1.59. The van der Waals surface area contributed by atoms with Gasteiger partial charge in [0.25, 0.3) is 5.91 Å². The third-order valence-electron chi connectivity index (χ3n) is 3.95. The molecule has 1 aliphatic carbocycles. The quantitative estimate of drug-likeness (QED) is 0.919. The molecule has 5 heteroatoms. The number of carbonyl (C=O) groups is 1. The van der Waals surface area contributed by atoms with Gasteiger partial charge in [-0.05, 0) is 49.4 Å². The van der Waals surface area contributed by atoms with Gasteiger partial charge in [0.1, 0.15) is 11.9 Å². The summed E-state index contributed by atoms with van der Waals surface area (Å²) < 4.78 is 18.7. The molecule has 1 amide bonds. The number of benzene rings is 1. The van der Waals surface area contributed by atoms with Gasteiger partial charge in [0.2, 0.25) is 5.88 Å². The molecule has 1 fully saturated rings. The van der Waals surface area contributed by atoms with E-state index in [1.165, 1.54) is 25.0 Å². The number of ether oxygens (including phenoxy) is 1. The minimum absolute atomic E-state index is 0.201. The molecule has 1 N–H and O–H groups in total. The second kappa shape index (κ2) is 7.22. The van der Waals surface area contributed by atoms with Crippen LogP contribution in [-0.2, 0) is 6.54 Å². The Bertz CT molecular complexity index is 667. The number of amides is 1. The molecule has 1 aliphatic rings. The fourth-order valence-corrected chi connectivity index (χ4v) is 2.68. The van der Waals surface area contributed by atoms with E-state index < -0.39 is 0 Å². The summed E-state index contributed by atoms with van der Waals surface area (Å²) in [6.45, 7) is 0.347. The van der Waals surface area contributed by atoms with Gasteiger partial charge < -0.3 is 10.1 Å². The lowest BCUT2D eigenvalue weighted by atomic mass is 10.2. The number of nitrogens with zero attached hydrogens (tertiary/aromatic N) is 1. The molecule has 23 heavy (non-hydrogen) atoms. The summed E-state index contributed by atoms with van der Waals surface area (Å²) in [7, 11) is 0. The molecule has 0 spiro atoms. The highest BCUT2D eigenvalue weighted by molar-refractivity contribution is 5.94. The molecule has 0 atom stereocenters. The smallest absolute Gasteiger partial charge is 0.251 e. The maximum absolute atomic E-state index is 12.9. The molecular formula is C18H19FN2O2. The highest BCUT2D eigenvalue weighted by Gasteiger charge is 2.17. The predicted molar refractivity (Wildman–Crippen MR) is 84.7 cm³/mol. The van der Waals surface area contributed by atoms with Gasteiger partial charge in [-0.3, -0.25) is 4.79 Å². The largest absolute Gasteiger partial charge is 0.474 e. The molecule has 1 saturated carbocycles. The van der Waals surface area contributed by atoms with Crippen LogP contribution in [0.4, 0.5) is 4.39 Å². The molecule has 0 saturated heterocycles. The first-order chi connectivity index (χ1) is 11.2. The summed E-state index contributed by atoms with van der Waals surface area (Å²) >= 11 is 0. The van der Waals surface area contributed by atoms with Crippen molar-refractivity contribution in [3.63, 3.8) is 0 Å². The Morgan fingerprint density at radius 3 is 2.70 bits per heavy atom. The minimum atomic E-state index is -0.289. The summed E-state index contributed by atoms with van der Waals surface area (Å²) in [5.41, 5.74) is 1.35. The van der Waals surface area contributed by atoms with Gasteiger partial charge in [0, 0.05) is 24.4 Å². The van der Waals surface area contributed by atoms with Gasteiger partial charge in [-0.2, -0.15) is 0 Å². The van der Waals surface area contributed by atoms with Crippen molar-refractivity contribution in [2.45, 2.75) is 38.3 Å². The first-order valence-electron chi connectivity index (χ1n) is 7.86. The van der Waals surface area contributed by atoms with E-state index in [9.17, 15) is 9.18 Å². The standard InChI is InChI=1S/C18H19FN2O2/c19-15-7-5-13(6-8-15)12-21-18(22)14-9-10-20-17(11-14)23-16-3-1-2-4-16/h5-11,16H,1-4,12H2,(H,21,22). The number of nitrogens with one attached hydrogen (secondary N) is 1. The van der Waals surface area contributed by atoms with E-state index in [4.69, 9.17) is 4.74 Å². The van der Waals surface area contributed by atoms with Crippen molar-refractivity contribution < 1.29 is 13.9 Å². The summed E-state index contributed by atoms with van der Waals surface area (Å²) in [5.74, 6) is 0.00208. The Morgan fingerprint density at radius 1 is 1.22 bits per heavy atom. The topological polar surface area (TPSA) is 51.2 Å². The molecule has 0 bridgehead atoms. The number of aromatic nitrogens is 1. The maximum Gasteiger partial charge on any atom is 0.251 e. The van der Waals surface area contributed by atoms with E-state index in [1.807, 2.05) is 0 Å². The first-order valence-corrected chi connectivity index (χ1v) is 7.86. The van der Waals surface area contributed by atoms with Crippen LogP contribution in [0.25, 0.3) is 0 Å². The van der Waals surface area contributed by atoms with Crippen LogP contribution in [-0.4, -0.2) is 17.0 Å². The third-order valence-corrected chi connectivity index (χ3v) is 3.95. The summed E-state index contributed by atoms with van der Waals surface area (Å²) in [4.78, 5) is 16.4. The second-order valence-corrected chi connectivity index (χ2v) is 5.72. The molecule has 1 aromatic heterocycles. The number of rotatable bonds is 5. The summed E-state index contributed by atoms with van der Waals surface area (Å²) in [6.07, 6.45) is 6.24. The van der Waals surface area contributed by atoms with Crippen LogP contribution >= 0.6 is 0 Å². The van der Waals surface area contributed by atoms with Crippen LogP contribution in [0.3, 0.4) is 0 Å². The number of halogens is 1. The number of pyridine rings is 1. The SMILES string of the molecule is O=C(NCc1ccc(F)cc1)c1ccnc(OC2CCCC2)c1. The zero-order chi connectivity index (χ0) is 16.1. The lowest BCUT2D eigenvalue weighted by Gasteiger charge is -2.12. The van der Waals surface area contributed by atoms with Crippen LogP contribution in [0.5, 0.6) is 5.88 Å². The van der Waals surface area contributed by atoms with Crippen molar-refractivity contribution in [3.8, 4) is 5.88 Å². The Kier molecular flexibility index (Phi) is 4.86. The average molecular weight is 314 g/mol. The highest BCUT2D eigenvalue weighted by Crippen LogP contribution is 2.23. The normalized spacial score (nSPS) is 14.7. The van der Waals surface area contributed by atoms with E-state index in [0.717, 1.165) is 18.4 Å². The zero-order valence-corrected chi connectivity index (χ0v) is 12.8. The zero-order valence-electron chi connectivity index (χ0n) is 12.8. The molecule has 0 unspecified atom stereocenters. The molecular weight excluding hydrogens is 295 g/mol. The van der Waals surface area contributed by atoms with Gasteiger partial charge >= 0.3 is 0 Å². The van der Waals surface area contributed by atoms with E-state index >= 15 is 0 Å². The lowest BCUT2D eigenvalue weighted by Crippen LogP contribution is -2.23. The lowest BCUT2D eigenvalue weighted by molar-refractivity contribution is 0.0949. The Morgan fingerprint density at radius 2 is 1.96 bits per heavy atom. The molecule has 0 aliphatic heterocycles. The van der Waals surface area contributed by atoms with Crippen LogP contribution < -0.4 is 10.1 Å². The summed E-state index contributed by atoms with van der Waals surface area (Å²) in [5, 5.41) is 2.81. The van der Waals surface area contributed by atoms with Crippen LogP contribution in [0, 0.1) is 5.82 Å². The third kappa shape index (κ3) is 4.28. The van der Waals surface area contributed by atoms with Gasteiger partial charge in [-0.25, -0.2) is 9.37 Å².